The van der Waals surface area contributed by atoms with Gasteiger partial charge in [-0.15, -0.1) is 5.10 Å². The second kappa shape index (κ2) is 12.5. The smallest absolute Gasteiger partial charge is 0.246 e. The van der Waals surface area contributed by atoms with E-state index in [4.69, 9.17) is 35.0 Å². The van der Waals surface area contributed by atoms with Crippen molar-refractivity contribution < 1.29 is 36.5 Å². The lowest BCUT2D eigenvalue weighted by molar-refractivity contribution is -0.308. The Balaban J connectivity index is 1.27. The highest BCUT2D eigenvalue weighted by atomic mass is 35.5. The van der Waals surface area contributed by atoms with Crippen molar-refractivity contribution in [3.8, 4) is 22.8 Å². The predicted octanol–water partition coefficient (Wildman–Crippen LogP) is 6.25. The number of methoxy groups -OCH3 is 1. The lowest BCUT2D eigenvalue weighted by Crippen LogP contribution is -2.59. The van der Waals surface area contributed by atoms with Gasteiger partial charge in [-0.1, -0.05) is 58.9 Å². The maximum atomic E-state index is 14.1. The van der Waals surface area contributed by atoms with Crippen molar-refractivity contribution >= 4 is 23.4 Å². The highest BCUT2D eigenvalue weighted by molar-refractivity contribution is 8.00. The first-order valence-electron chi connectivity index (χ1n) is 13.7. The van der Waals surface area contributed by atoms with Crippen molar-refractivity contribution in [2.45, 2.75) is 41.0 Å². The number of fused-ring (bicyclic) bond motifs is 1. The molecule has 7 rings (SSSR count). The number of oxazole rings is 1. The molecule has 2 fully saturated rings. The van der Waals surface area contributed by atoms with Crippen molar-refractivity contribution in [1.82, 2.24) is 25.0 Å². The second-order valence-corrected chi connectivity index (χ2v) is 11.8. The van der Waals surface area contributed by atoms with Gasteiger partial charge in [-0.3, -0.25) is 0 Å². The Morgan fingerprint density at radius 2 is 1.84 bits per heavy atom. The third kappa shape index (κ3) is 5.85. The van der Waals surface area contributed by atoms with Crippen LogP contribution in [0.2, 0.25) is 5.02 Å². The number of hydrogen-bond donors (Lipinski definition) is 0. The van der Waals surface area contributed by atoms with E-state index in [-0.39, 0.29) is 17.9 Å². The van der Waals surface area contributed by atoms with Crippen molar-refractivity contribution in [3.05, 3.63) is 101 Å². The Bertz CT molecular complexity index is 1780. The zero-order valence-corrected chi connectivity index (χ0v) is 24.9. The molecule has 0 bridgehead atoms. The minimum absolute atomic E-state index is 0.0109. The number of benzene rings is 2. The van der Waals surface area contributed by atoms with E-state index < -0.39 is 53.5 Å². The Kier molecular flexibility index (Phi) is 8.33. The van der Waals surface area contributed by atoms with Crippen LogP contribution in [0.4, 0.5) is 13.2 Å². The molecule has 232 valence electrons. The van der Waals surface area contributed by atoms with Gasteiger partial charge in [-0.25, -0.2) is 27.8 Å². The van der Waals surface area contributed by atoms with Crippen molar-refractivity contribution in [2.75, 3.05) is 13.7 Å². The van der Waals surface area contributed by atoms with Gasteiger partial charge < -0.3 is 23.4 Å². The van der Waals surface area contributed by atoms with Gasteiger partial charge in [-0.05, 0) is 18.2 Å². The highest BCUT2D eigenvalue weighted by Crippen LogP contribution is 2.46. The van der Waals surface area contributed by atoms with Gasteiger partial charge >= 0.3 is 0 Å². The minimum Gasteiger partial charge on any atom is -0.443 e. The molecule has 0 radical (unpaired) electrons. The number of nitrogens with zero attached hydrogens (tertiary/aromatic N) is 5. The van der Waals surface area contributed by atoms with Crippen LogP contribution in [0.5, 0.6) is 0 Å². The molecule has 10 nitrogen and oxygen atoms in total. The van der Waals surface area contributed by atoms with Gasteiger partial charge in [0.1, 0.15) is 47.4 Å². The van der Waals surface area contributed by atoms with E-state index in [9.17, 15) is 13.2 Å². The zero-order valence-electron chi connectivity index (χ0n) is 23.3. The number of ether oxygens (including phenoxy) is 4. The van der Waals surface area contributed by atoms with E-state index in [0.717, 1.165) is 17.7 Å². The van der Waals surface area contributed by atoms with Crippen molar-refractivity contribution in [2.24, 2.45) is 0 Å². The molecular weight excluding hydrogens is 635 g/mol. The second-order valence-electron chi connectivity index (χ2n) is 10.2. The molecule has 5 aromatic rings. The standard InChI is InChI=1S/C30H23ClF3N5O5S/c1-40-27-25(39-13-20(37-38-39)16-9-18(32)23(34)19(33)10-16)26-21(14-42-29(44-26)15-5-3-2-4-6-15)43-30(27)45-22-11-17(31)12-36-24(22)28-35-7-8-41-28/h2-13,21,25-27,29-30H,14H2,1H3/t21?,25-,26-,27?,29?,30+/m0/s1. The SMILES string of the molecule is COC1[C@@H](Sc2cc(Cl)cnc2-c2ncco2)OC2COC(c3ccccc3)O[C@@H]2[C@@H]1n1cc(-c2cc(F)c(F)c(F)c2)nn1. The fraction of sp³-hybridized carbons (Fsp3) is 0.267. The predicted molar refractivity (Wildman–Crippen MR) is 154 cm³/mol. The normalized spacial score (nSPS) is 24.8. The first-order chi connectivity index (χ1) is 21.9. The van der Waals surface area contributed by atoms with E-state index >= 15 is 0 Å². The largest absolute Gasteiger partial charge is 0.443 e. The summed E-state index contributed by atoms with van der Waals surface area (Å²) in [7, 11) is 1.52. The molecule has 5 heterocycles. The van der Waals surface area contributed by atoms with Crippen LogP contribution < -0.4 is 0 Å². The van der Waals surface area contributed by atoms with Crippen molar-refractivity contribution in [1.29, 1.82) is 0 Å². The number of pyridine rings is 1. The topological polar surface area (TPSA) is 107 Å². The number of hydrogen-bond acceptors (Lipinski definition) is 10. The van der Waals surface area contributed by atoms with Crippen LogP contribution in [0.1, 0.15) is 17.9 Å². The first-order valence-corrected chi connectivity index (χ1v) is 14.9. The van der Waals surface area contributed by atoms with Gasteiger partial charge in [0.25, 0.3) is 0 Å². The van der Waals surface area contributed by atoms with E-state index in [1.807, 2.05) is 30.3 Å². The summed E-state index contributed by atoms with van der Waals surface area (Å²) < 4.78 is 74.0. The summed E-state index contributed by atoms with van der Waals surface area (Å²) in [5.74, 6) is -3.96. The molecule has 0 saturated carbocycles. The summed E-state index contributed by atoms with van der Waals surface area (Å²) in [5, 5.41) is 8.84. The highest BCUT2D eigenvalue weighted by Gasteiger charge is 2.52. The molecule has 3 aromatic heterocycles. The molecule has 6 atom stereocenters. The number of rotatable bonds is 7. The average molecular weight is 658 g/mol. The molecular formula is C30H23ClF3N5O5S. The maximum Gasteiger partial charge on any atom is 0.246 e. The van der Waals surface area contributed by atoms with Crippen LogP contribution in [0.15, 0.2) is 82.7 Å². The van der Waals surface area contributed by atoms with Crippen LogP contribution in [-0.2, 0) is 18.9 Å². The summed E-state index contributed by atoms with van der Waals surface area (Å²) >= 11 is 7.62. The monoisotopic (exact) mass is 657 g/mol. The van der Waals surface area contributed by atoms with Crippen LogP contribution in [0.25, 0.3) is 22.8 Å². The third-order valence-corrected chi connectivity index (χ3v) is 8.83. The van der Waals surface area contributed by atoms with Crippen molar-refractivity contribution in [3.63, 3.8) is 0 Å². The van der Waals surface area contributed by atoms with Crippen LogP contribution in [0, 0.1) is 17.5 Å². The minimum atomic E-state index is -1.57. The van der Waals surface area contributed by atoms with E-state index in [1.54, 1.807) is 6.07 Å². The number of aromatic nitrogens is 5. The van der Waals surface area contributed by atoms with Gasteiger partial charge in [0, 0.05) is 29.3 Å². The van der Waals surface area contributed by atoms with Gasteiger partial charge in [0.15, 0.2) is 23.7 Å². The first kappa shape index (κ1) is 29.9. The Labute approximate surface area is 263 Å². The number of thioether (sulfide) groups is 1. The average Bonchev–Trinajstić information content (AvgIpc) is 3.76. The Morgan fingerprint density at radius 1 is 1.04 bits per heavy atom. The molecule has 0 amide bonds. The summed E-state index contributed by atoms with van der Waals surface area (Å²) in [6.45, 7) is 0.171. The molecule has 0 spiro atoms. The number of halogens is 4. The summed E-state index contributed by atoms with van der Waals surface area (Å²) in [4.78, 5) is 9.27. The Morgan fingerprint density at radius 3 is 2.58 bits per heavy atom. The summed E-state index contributed by atoms with van der Waals surface area (Å²) in [6.07, 6.45) is 3.26. The molecule has 0 N–H and O–H groups in total. The van der Waals surface area contributed by atoms with E-state index in [0.29, 0.717) is 21.5 Å². The molecule has 2 aliphatic heterocycles. The van der Waals surface area contributed by atoms with E-state index in [2.05, 4.69) is 20.3 Å². The maximum absolute atomic E-state index is 14.1. The quantitative estimate of drug-likeness (QED) is 0.186. The molecule has 2 saturated heterocycles. The third-order valence-electron chi connectivity index (χ3n) is 7.45. The fourth-order valence-corrected chi connectivity index (χ4v) is 6.91. The fourth-order valence-electron chi connectivity index (χ4n) is 5.39. The summed E-state index contributed by atoms with van der Waals surface area (Å²) in [5.41, 5.74) is 0.695. The van der Waals surface area contributed by atoms with Crippen LogP contribution in [0.3, 0.4) is 0 Å². The summed E-state index contributed by atoms with van der Waals surface area (Å²) in [6, 6.07) is 12.2. The van der Waals surface area contributed by atoms with Gasteiger partial charge in [0.2, 0.25) is 5.89 Å². The lowest BCUT2D eigenvalue weighted by atomic mass is 9.95. The van der Waals surface area contributed by atoms with Crippen LogP contribution >= 0.6 is 23.4 Å². The zero-order chi connectivity index (χ0) is 31.1. The van der Waals surface area contributed by atoms with Crippen LogP contribution in [-0.4, -0.2) is 62.4 Å². The van der Waals surface area contributed by atoms with Gasteiger partial charge in [-0.2, -0.15) is 0 Å². The molecule has 15 heteroatoms. The molecule has 45 heavy (non-hydrogen) atoms. The molecule has 2 aliphatic rings. The molecule has 2 aromatic carbocycles. The van der Waals surface area contributed by atoms with Gasteiger partial charge in [0.05, 0.1) is 24.0 Å². The lowest BCUT2D eigenvalue weighted by Gasteiger charge is -2.48. The Hall–Kier alpha value is -3.79. The van der Waals surface area contributed by atoms with E-state index in [1.165, 1.54) is 48.4 Å². The molecule has 3 unspecified atom stereocenters. The molecule has 0 aliphatic carbocycles.